The average Bonchev–Trinajstić information content (AvgIpc) is 2.73. The fourth-order valence-corrected chi connectivity index (χ4v) is 1.70. The summed E-state index contributed by atoms with van der Waals surface area (Å²) in [6, 6.07) is 0. The van der Waals surface area contributed by atoms with Gasteiger partial charge in [0.1, 0.15) is 6.33 Å². The van der Waals surface area contributed by atoms with Gasteiger partial charge in [0.05, 0.1) is 18.1 Å². The molecule has 0 atom stereocenters. The van der Waals surface area contributed by atoms with Crippen molar-refractivity contribution in [1.29, 1.82) is 0 Å². The van der Waals surface area contributed by atoms with Gasteiger partial charge in [-0.3, -0.25) is 9.59 Å². The van der Waals surface area contributed by atoms with Crippen molar-refractivity contribution in [3.63, 3.8) is 0 Å². The highest BCUT2D eigenvalue weighted by Crippen LogP contribution is 1.99. The van der Waals surface area contributed by atoms with E-state index in [0.29, 0.717) is 12.4 Å². The number of amides is 1. The molecule has 17 heavy (non-hydrogen) atoms. The fourth-order valence-electron chi connectivity index (χ4n) is 1.14. The van der Waals surface area contributed by atoms with Gasteiger partial charge in [0, 0.05) is 6.54 Å². The van der Waals surface area contributed by atoms with Crippen molar-refractivity contribution < 1.29 is 14.7 Å². The minimum atomic E-state index is -0.923. The van der Waals surface area contributed by atoms with Crippen LogP contribution in [0.1, 0.15) is 12.7 Å². The number of nitrogens with one attached hydrogen (secondary N) is 1. The highest BCUT2D eigenvalue weighted by Gasteiger charge is 2.06. The summed E-state index contributed by atoms with van der Waals surface area (Å²) in [7, 11) is 0. The van der Waals surface area contributed by atoms with Crippen molar-refractivity contribution in [2.45, 2.75) is 20.0 Å². The smallest absolute Gasteiger partial charge is 0.313 e. The Bertz CT molecular complexity index is 393. The number of rotatable bonds is 7. The van der Waals surface area contributed by atoms with Gasteiger partial charge in [-0.2, -0.15) is 0 Å². The molecule has 94 valence electrons. The lowest BCUT2D eigenvalue weighted by Gasteiger charge is -2.05. The third-order valence-corrected chi connectivity index (χ3v) is 2.86. The molecule has 0 spiro atoms. The van der Waals surface area contributed by atoms with E-state index in [-0.39, 0.29) is 17.4 Å². The summed E-state index contributed by atoms with van der Waals surface area (Å²) in [5.74, 6) is -0.384. The third kappa shape index (κ3) is 4.85. The van der Waals surface area contributed by atoms with E-state index in [1.165, 1.54) is 0 Å². The first-order valence-electron chi connectivity index (χ1n) is 5.06. The van der Waals surface area contributed by atoms with Crippen LogP contribution >= 0.6 is 11.8 Å². The molecule has 2 N–H and O–H groups in total. The van der Waals surface area contributed by atoms with Crippen LogP contribution in [0.25, 0.3) is 0 Å². The molecule has 1 amide bonds. The number of aryl methyl sites for hydroxylation is 1. The number of carboxylic acid groups (broad SMARTS) is 1. The molecule has 0 aromatic carbocycles. The molecule has 7 nitrogen and oxygen atoms in total. The Kier molecular flexibility index (Phi) is 5.47. The van der Waals surface area contributed by atoms with Crippen LogP contribution in [-0.4, -0.2) is 43.3 Å². The number of hydrogen-bond acceptors (Lipinski definition) is 5. The lowest BCUT2D eigenvalue weighted by atomic mass is 10.5. The van der Waals surface area contributed by atoms with Gasteiger partial charge in [-0.05, 0) is 6.92 Å². The molecular formula is C9H14N4O3S. The molecule has 1 rings (SSSR count). The minimum Gasteiger partial charge on any atom is -0.481 e. The summed E-state index contributed by atoms with van der Waals surface area (Å²) >= 11 is 1.06. The fraction of sp³-hybridized carbons (Fsp3) is 0.556. The predicted octanol–water partition coefficient (Wildman–Crippen LogP) is -0.268. The van der Waals surface area contributed by atoms with Crippen molar-refractivity contribution in [3.05, 3.63) is 12.2 Å². The normalized spacial score (nSPS) is 10.2. The molecule has 8 heteroatoms. The van der Waals surface area contributed by atoms with Gasteiger partial charge in [0.15, 0.2) is 5.82 Å². The third-order valence-electron chi connectivity index (χ3n) is 1.94. The van der Waals surface area contributed by atoms with Crippen molar-refractivity contribution in [2.75, 3.05) is 11.5 Å². The Morgan fingerprint density at radius 1 is 1.53 bits per heavy atom. The van der Waals surface area contributed by atoms with Crippen LogP contribution in [0.4, 0.5) is 0 Å². The average molecular weight is 258 g/mol. The first kappa shape index (κ1) is 13.5. The number of nitrogens with zero attached hydrogens (tertiary/aromatic N) is 3. The zero-order valence-corrected chi connectivity index (χ0v) is 10.2. The van der Waals surface area contributed by atoms with Gasteiger partial charge in [-0.25, -0.2) is 0 Å². The molecule has 0 aliphatic heterocycles. The second-order valence-electron chi connectivity index (χ2n) is 3.20. The van der Waals surface area contributed by atoms with E-state index in [0.717, 1.165) is 18.3 Å². The highest BCUT2D eigenvalue weighted by molar-refractivity contribution is 8.00. The maximum Gasteiger partial charge on any atom is 0.313 e. The summed E-state index contributed by atoms with van der Waals surface area (Å²) in [5, 5.41) is 18.7. The number of carbonyl (C=O) groups excluding carboxylic acids is 1. The Morgan fingerprint density at radius 3 is 2.94 bits per heavy atom. The van der Waals surface area contributed by atoms with Gasteiger partial charge in [-0.1, -0.05) is 0 Å². The maximum absolute atomic E-state index is 11.3. The minimum absolute atomic E-state index is 0.0709. The predicted molar refractivity (Wildman–Crippen MR) is 62.5 cm³/mol. The maximum atomic E-state index is 11.3. The van der Waals surface area contributed by atoms with Gasteiger partial charge in [0.2, 0.25) is 5.91 Å². The monoisotopic (exact) mass is 258 g/mol. The zero-order valence-electron chi connectivity index (χ0n) is 9.42. The van der Waals surface area contributed by atoms with Crippen molar-refractivity contribution in [2.24, 2.45) is 0 Å². The highest BCUT2D eigenvalue weighted by atomic mass is 32.2. The SMILES string of the molecule is CCn1cnnc1CNC(=O)CSCC(=O)O. The molecule has 0 radical (unpaired) electrons. The summed E-state index contributed by atoms with van der Waals surface area (Å²) < 4.78 is 1.82. The molecule has 0 aliphatic rings. The molecule has 0 saturated carbocycles. The van der Waals surface area contributed by atoms with E-state index in [2.05, 4.69) is 15.5 Å². The number of aliphatic carboxylic acids is 1. The van der Waals surface area contributed by atoms with Crippen LogP contribution in [0.2, 0.25) is 0 Å². The topological polar surface area (TPSA) is 97.1 Å². The molecular weight excluding hydrogens is 244 g/mol. The first-order valence-corrected chi connectivity index (χ1v) is 6.22. The van der Waals surface area contributed by atoms with Crippen LogP contribution in [0.3, 0.4) is 0 Å². The van der Waals surface area contributed by atoms with E-state index in [4.69, 9.17) is 5.11 Å². The Morgan fingerprint density at radius 2 is 2.29 bits per heavy atom. The molecule has 1 aromatic rings. The second kappa shape index (κ2) is 6.89. The number of thioether (sulfide) groups is 1. The first-order chi connectivity index (χ1) is 8.13. The molecule has 1 heterocycles. The van der Waals surface area contributed by atoms with Gasteiger partial charge in [-0.15, -0.1) is 22.0 Å². The summed E-state index contributed by atoms with van der Waals surface area (Å²) in [5.41, 5.74) is 0. The van der Waals surface area contributed by atoms with Crippen LogP contribution in [0, 0.1) is 0 Å². The van der Waals surface area contributed by atoms with Crippen LogP contribution in [-0.2, 0) is 22.7 Å². The van der Waals surface area contributed by atoms with E-state index >= 15 is 0 Å². The van der Waals surface area contributed by atoms with E-state index in [9.17, 15) is 9.59 Å². The quantitative estimate of drug-likeness (QED) is 0.699. The van der Waals surface area contributed by atoms with Crippen molar-refractivity contribution >= 4 is 23.6 Å². The summed E-state index contributed by atoms with van der Waals surface area (Å²) in [6.07, 6.45) is 1.60. The van der Waals surface area contributed by atoms with Crippen molar-refractivity contribution in [3.8, 4) is 0 Å². The van der Waals surface area contributed by atoms with E-state index in [1.54, 1.807) is 6.33 Å². The summed E-state index contributed by atoms with van der Waals surface area (Å²) in [6.45, 7) is 3.00. The Balaban J connectivity index is 2.26. The molecule has 0 saturated heterocycles. The number of aromatic nitrogens is 3. The van der Waals surface area contributed by atoms with Crippen LogP contribution < -0.4 is 5.32 Å². The van der Waals surface area contributed by atoms with Gasteiger partial charge in [0.25, 0.3) is 0 Å². The van der Waals surface area contributed by atoms with Crippen LogP contribution in [0.15, 0.2) is 6.33 Å². The largest absolute Gasteiger partial charge is 0.481 e. The molecule has 0 bridgehead atoms. The van der Waals surface area contributed by atoms with E-state index in [1.807, 2.05) is 11.5 Å². The van der Waals surface area contributed by atoms with Crippen molar-refractivity contribution in [1.82, 2.24) is 20.1 Å². The van der Waals surface area contributed by atoms with E-state index < -0.39 is 5.97 Å². The standard InChI is InChI=1S/C9H14N4O3S/c1-2-13-6-11-12-7(13)3-10-8(14)4-17-5-9(15)16/h6H,2-5H2,1H3,(H,10,14)(H,15,16). The molecule has 0 aliphatic carbocycles. The second-order valence-corrected chi connectivity index (χ2v) is 4.18. The Labute approximate surface area is 103 Å². The molecule has 0 fully saturated rings. The van der Waals surface area contributed by atoms with Gasteiger partial charge < -0.3 is 15.0 Å². The van der Waals surface area contributed by atoms with Crippen LogP contribution in [0.5, 0.6) is 0 Å². The lowest BCUT2D eigenvalue weighted by Crippen LogP contribution is -2.26. The molecule has 0 unspecified atom stereocenters. The number of hydrogen-bond donors (Lipinski definition) is 2. The number of carbonyl (C=O) groups is 2. The molecule has 1 aromatic heterocycles. The summed E-state index contributed by atoms with van der Waals surface area (Å²) in [4.78, 5) is 21.6. The number of carboxylic acids is 1. The Hall–Kier alpha value is -1.57. The lowest BCUT2D eigenvalue weighted by molar-refractivity contribution is -0.133. The zero-order chi connectivity index (χ0) is 12.7. The van der Waals surface area contributed by atoms with Gasteiger partial charge >= 0.3 is 5.97 Å².